The van der Waals surface area contributed by atoms with Crippen molar-refractivity contribution in [2.24, 2.45) is 16.8 Å². The number of piperidine rings is 1. The number of likely N-dealkylation sites (tertiary alicyclic amines) is 1. The molecule has 1 atom stereocenters. The Morgan fingerprint density at radius 2 is 2.10 bits per heavy atom. The second kappa shape index (κ2) is 12.6. The van der Waals surface area contributed by atoms with Crippen LogP contribution in [0.15, 0.2) is 23.2 Å². The van der Waals surface area contributed by atoms with Crippen molar-refractivity contribution < 1.29 is 18.3 Å². The van der Waals surface area contributed by atoms with E-state index >= 15 is 0 Å². The van der Waals surface area contributed by atoms with E-state index in [2.05, 4.69) is 39.1 Å². The van der Waals surface area contributed by atoms with Gasteiger partial charge in [-0.3, -0.25) is 0 Å². The molecule has 1 aromatic carbocycles. The van der Waals surface area contributed by atoms with Gasteiger partial charge in [-0.05, 0) is 56.3 Å². The van der Waals surface area contributed by atoms with Gasteiger partial charge in [0, 0.05) is 31.7 Å². The number of rotatable bonds is 10. The van der Waals surface area contributed by atoms with Crippen LogP contribution in [0.1, 0.15) is 39.2 Å². The molecule has 0 aromatic heterocycles. The summed E-state index contributed by atoms with van der Waals surface area (Å²) < 4.78 is 35.3. The van der Waals surface area contributed by atoms with Crippen LogP contribution in [0.4, 0.5) is 8.78 Å². The normalized spacial score (nSPS) is 18.0. The first kappa shape index (κ1) is 24.2. The third kappa shape index (κ3) is 8.34. The molecule has 8 heteroatoms. The summed E-state index contributed by atoms with van der Waals surface area (Å²) in [6.07, 6.45) is 2.41. The van der Waals surface area contributed by atoms with Crippen LogP contribution in [-0.4, -0.2) is 57.3 Å². The molecule has 1 aliphatic rings. The fourth-order valence-corrected chi connectivity index (χ4v) is 3.76. The zero-order valence-corrected chi connectivity index (χ0v) is 18.6. The van der Waals surface area contributed by atoms with Gasteiger partial charge in [-0.1, -0.05) is 13.8 Å². The second-order valence-electron chi connectivity index (χ2n) is 8.09. The van der Waals surface area contributed by atoms with Gasteiger partial charge in [0.05, 0.1) is 13.7 Å². The Bertz CT molecular complexity index is 671. The van der Waals surface area contributed by atoms with Crippen LogP contribution in [-0.2, 0) is 6.54 Å². The Morgan fingerprint density at radius 1 is 1.30 bits per heavy atom. The highest BCUT2D eigenvalue weighted by Crippen LogP contribution is 2.26. The van der Waals surface area contributed by atoms with Crippen LogP contribution in [0.25, 0.3) is 0 Å². The summed E-state index contributed by atoms with van der Waals surface area (Å²) in [5.74, 6) is 2.59. The molecule has 1 aliphatic heterocycles. The highest BCUT2D eigenvalue weighted by molar-refractivity contribution is 5.79. The SMILES string of the molecule is CCNC(=NCc1cc(OC)ccc1OC(F)F)NCC1CCCN(CC(C)C)C1. The lowest BCUT2D eigenvalue weighted by molar-refractivity contribution is -0.0504. The molecule has 6 nitrogen and oxygen atoms in total. The molecule has 1 fully saturated rings. The molecule has 1 saturated heterocycles. The van der Waals surface area contributed by atoms with E-state index < -0.39 is 6.61 Å². The standard InChI is InChI=1S/C22H36F2N4O2/c1-5-25-22(26-12-17-7-6-10-28(15-17)14-16(2)3)27-13-18-11-19(29-4)8-9-20(18)30-21(23)24/h8-9,11,16-17,21H,5-7,10,12-15H2,1-4H3,(H2,25,26,27). The van der Waals surface area contributed by atoms with E-state index in [9.17, 15) is 8.78 Å². The number of nitrogens with zero attached hydrogens (tertiary/aromatic N) is 2. The topological polar surface area (TPSA) is 58.1 Å². The number of benzene rings is 1. The van der Waals surface area contributed by atoms with E-state index in [1.54, 1.807) is 12.1 Å². The van der Waals surface area contributed by atoms with Crippen molar-refractivity contribution >= 4 is 5.96 Å². The van der Waals surface area contributed by atoms with Crippen LogP contribution < -0.4 is 20.1 Å². The summed E-state index contributed by atoms with van der Waals surface area (Å²) in [5, 5.41) is 6.65. The fraction of sp³-hybridized carbons (Fsp3) is 0.682. The summed E-state index contributed by atoms with van der Waals surface area (Å²) in [7, 11) is 1.54. The molecular weight excluding hydrogens is 390 g/mol. The number of hydrogen-bond donors (Lipinski definition) is 2. The molecule has 0 aliphatic carbocycles. The summed E-state index contributed by atoms with van der Waals surface area (Å²) in [5.41, 5.74) is 0.549. The number of aliphatic imine (C=N–C) groups is 1. The van der Waals surface area contributed by atoms with Crippen molar-refractivity contribution in [2.45, 2.75) is 46.8 Å². The number of ether oxygens (including phenoxy) is 2. The van der Waals surface area contributed by atoms with Gasteiger partial charge in [0.1, 0.15) is 11.5 Å². The molecule has 0 saturated carbocycles. The van der Waals surface area contributed by atoms with Crippen molar-refractivity contribution in [1.29, 1.82) is 0 Å². The van der Waals surface area contributed by atoms with E-state index in [1.165, 1.54) is 32.6 Å². The first-order chi connectivity index (χ1) is 14.4. The third-order valence-corrected chi connectivity index (χ3v) is 5.02. The van der Waals surface area contributed by atoms with Crippen molar-refractivity contribution in [3.05, 3.63) is 23.8 Å². The molecule has 1 aromatic rings. The monoisotopic (exact) mass is 426 g/mol. The number of nitrogens with one attached hydrogen (secondary N) is 2. The average Bonchev–Trinajstić information content (AvgIpc) is 2.70. The van der Waals surface area contributed by atoms with Crippen molar-refractivity contribution in [3.63, 3.8) is 0 Å². The minimum atomic E-state index is -2.88. The van der Waals surface area contributed by atoms with E-state index in [4.69, 9.17) is 4.74 Å². The van der Waals surface area contributed by atoms with Gasteiger partial charge in [0.15, 0.2) is 5.96 Å². The molecule has 2 N–H and O–H groups in total. The van der Waals surface area contributed by atoms with Crippen LogP contribution in [0.3, 0.4) is 0 Å². The Kier molecular flexibility index (Phi) is 10.1. The first-order valence-electron chi connectivity index (χ1n) is 10.8. The van der Waals surface area contributed by atoms with Gasteiger partial charge >= 0.3 is 6.61 Å². The van der Waals surface area contributed by atoms with E-state index in [1.807, 2.05) is 6.92 Å². The highest BCUT2D eigenvalue weighted by Gasteiger charge is 2.20. The molecule has 30 heavy (non-hydrogen) atoms. The van der Waals surface area contributed by atoms with Crippen LogP contribution >= 0.6 is 0 Å². The number of guanidine groups is 1. The van der Waals surface area contributed by atoms with E-state index in [0.29, 0.717) is 35.7 Å². The van der Waals surface area contributed by atoms with Gasteiger partial charge in [-0.2, -0.15) is 8.78 Å². The molecule has 0 radical (unpaired) electrons. The lowest BCUT2D eigenvalue weighted by Gasteiger charge is -2.34. The Morgan fingerprint density at radius 3 is 2.77 bits per heavy atom. The molecular formula is C22H36F2N4O2. The lowest BCUT2D eigenvalue weighted by Crippen LogP contribution is -2.45. The Hall–Kier alpha value is -2.09. The minimum absolute atomic E-state index is 0.113. The molecule has 0 amide bonds. The summed E-state index contributed by atoms with van der Waals surface area (Å²) in [6, 6.07) is 4.76. The number of hydrogen-bond acceptors (Lipinski definition) is 4. The van der Waals surface area contributed by atoms with E-state index in [0.717, 1.165) is 19.6 Å². The number of alkyl halides is 2. The summed E-state index contributed by atoms with van der Waals surface area (Å²) >= 11 is 0. The maximum atomic E-state index is 12.7. The van der Waals surface area contributed by atoms with Crippen molar-refractivity contribution in [1.82, 2.24) is 15.5 Å². The molecule has 170 valence electrons. The minimum Gasteiger partial charge on any atom is -0.497 e. The predicted octanol–water partition coefficient (Wildman–Crippen LogP) is 3.72. The smallest absolute Gasteiger partial charge is 0.387 e. The van der Waals surface area contributed by atoms with Crippen LogP contribution in [0.2, 0.25) is 0 Å². The lowest BCUT2D eigenvalue weighted by atomic mass is 9.97. The average molecular weight is 427 g/mol. The number of halogens is 2. The Labute approximate surface area is 179 Å². The predicted molar refractivity (Wildman–Crippen MR) is 116 cm³/mol. The molecule has 1 heterocycles. The zero-order valence-electron chi connectivity index (χ0n) is 18.6. The van der Waals surface area contributed by atoms with Crippen molar-refractivity contribution in [3.8, 4) is 11.5 Å². The molecule has 1 unspecified atom stereocenters. The maximum absolute atomic E-state index is 12.7. The second-order valence-corrected chi connectivity index (χ2v) is 8.09. The largest absolute Gasteiger partial charge is 0.497 e. The van der Waals surface area contributed by atoms with Gasteiger partial charge in [0.2, 0.25) is 0 Å². The molecule has 2 rings (SSSR count). The van der Waals surface area contributed by atoms with Gasteiger partial charge < -0.3 is 25.0 Å². The molecule has 0 bridgehead atoms. The fourth-order valence-electron chi connectivity index (χ4n) is 3.76. The number of methoxy groups -OCH3 is 1. The molecule has 0 spiro atoms. The van der Waals surface area contributed by atoms with Gasteiger partial charge in [-0.25, -0.2) is 4.99 Å². The van der Waals surface area contributed by atoms with Crippen LogP contribution in [0, 0.1) is 11.8 Å². The van der Waals surface area contributed by atoms with Gasteiger partial charge in [-0.15, -0.1) is 0 Å². The quantitative estimate of drug-likeness (QED) is 0.441. The summed E-state index contributed by atoms with van der Waals surface area (Å²) in [4.78, 5) is 7.12. The zero-order chi connectivity index (χ0) is 21.9. The van der Waals surface area contributed by atoms with E-state index in [-0.39, 0.29) is 12.3 Å². The Balaban J connectivity index is 2.00. The van der Waals surface area contributed by atoms with Gasteiger partial charge in [0.25, 0.3) is 0 Å². The highest BCUT2D eigenvalue weighted by atomic mass is 19.3. The van der Waals surface area contributed by atoms with Crippen molar-refractivity contribution in [2.75, 3.05) is 39.8 Å². The third-order valence-electron chi connectivity index (χ3n) is 5.02. The first-order valence-corrected chi connectivity index (χ1v) is 10.8. The maximum Gasteiger partial charge on any atom is 0.387 e. The van der Waals surface area contributed by atoms with Crippen LogP contribution in [0.5, 0.6) is 11.5 Å². The summed E-state index contributed by atoms with van der Waals surface area (Å²) in [6.45, 7) is 8.77.